The summed E-state index contributed by atoms with van der Waals surface area (Å²) in [4.78, 5) is 10.6. The SMILES string of the molecule is N#Cc1c(SCc2csc(-c3ccc(Cl)cc3)n2)nc(N2CC(F)(F)C2)c(C#N)c1-c1ccc(OCCO)cc1. The topological polar surface area (TPSA) is 106 Å². The van der Waals surface area contributed by atoms with Crippen molar-refractivity contribution >= 4 is 40.5 Å². The van der Waals surface area contributed by atoms with Crippen LogP contribution in [0.4, 0.5) is 14.6 Å². The summed E-state index contributed by atoms with van der Waals surface area (Å²) in [5.41, 5.74) is 2.78. The minimum absolute atomic E-state index is 0.0547. The van der Waals surface area contributed by atoms with Crippen molar-refractivity contribution in [2.45, 2.75) is 16.7 Å². The van der Waals surface area contributed by atoms with Crippen LogP contribution >= 0.6 is 34.7 Å². The first-order valence-corrected chi connectivity index (χ1v) is 14.2. The average molecular weight is 596 g/mol. The molecule has 0 atom stereocenters. The number of hydrogen-bond donors (Lipinski definition) is 1. The Labute approximate surface area is 242 Å². The largest absolute Gasteiger partial charge is 0.491 e. The predicted octanol–water partition coefficient (Wildman–Crippen LogP) is 6.39. The molecular weight excluding hydrogens is 576 g/mol. The molecule has 1 aliphatic rings. The van der Waals surface area contributed by atoms with Crippen LogP contribution in [0.15, 0.2) is 58.9 Å². The minimum Gasteiger partial charge on any atom is -0.491 e. The van der Waals surface area contributed by atoms with E-state index < -0.39 is 19.0 Å². The summed E-state index contributed by atoms with van der Waals surface area (Å²) in [5.74, 6) is -1.88. The Hall–Kier alpha value is -3.74. The highest BCUT2D eigenvalue weighted by Crippen LogP contribution is 2.42. The van der Waals surface area contributed by atoms with Gasteiger partial charge in [0.1, 0.15) is 45.9 Å². The summed E-state index contributed by atoms with van der Waals surface area (Å²) in [6.45, 7) is -1.15. The van der Waals surface area contributed by atoms with Crippen LogP contribution in [0.1, 0.15) is 16.8 Å². The number of benzene rings is 2. The molecule has 0 bridgehead atoms. The molecule has 0 spiro atoms. The van der Waals surface area contributed by atoms with Crippen molar-refractivity contribution < 1.29 is 18.6 Å². The number of hydrogen-bond acceptors (Lipinski definition) is 9. The Balaban J connectivity index is 1.51. The van der Waals surface area contributed by atoms with E-state index in [-0.39, 0.29) is 30.2 Å². The molecule has 2 aromatic heterocycles. The van der Waals surface area contributed by atoms with Gasteiger partial charge in [0, 0.05) is 27.3 Å². The lowest BCUT2D eigenvalue weighted by Gasteiger charge is -2.40. The maximum atomic E-state index is 13.8. The highest BCUT2D eigenvalue weighted by molar-refractivity contribution is 7.98. The third kappa shape index (κ3) is 5.88. The summed E-state index contributed by atoms with van der Waals surface area (Å²) >= 11 is 8.72. The van der Waals surface area contributed by atoms with Crippen LogP contribution in [0.25, 0.3) is 21.7 Å². The molecule has 1 saturated heterocycles. The van der Waals surface area contributed by atoms with Crippen molar-refractivity contribution in [3.8, 4) is 39.6 Å². The predicted molar refractivity (Wildman–Crippen MR) is 151 cm³/mol. The number of anilines is 1. The lowest BCUT2D eigenvalue weighted by molar-refractivity contribution is -0.0267. The van der Waals surface area contributed by atoms with Gasteiger partial charge in [0.2, 0.25) is 0 Å². The van der Waals surface area contributed by atoms with Crippen molar-refractivity contribution in [2.75, 3.05) is 31.2 Å². The van der Waals surface area contributed by atoms with E-state index in [0.29, 0.717) is 32.7 Å². The van der Waals surface area contributed by atoms with Crippen LogP contribution in [-0.2, 0) is 5.75 Å². The van der Waals surface area contributed by atoms with Gasteiger partial charge in [-0.25, -0.2) is 18.7 Å². The number of aliphatic hydroxyl groups excluding tert-OH is 1. The Morgan fingerprint density at radius 2 is 1.70 bits per heavy atom. The van der Waals surface area contributed by atoms with Crippen LogP contribution in [0.5, 0.6) is 5.75 Å². The van der Waals surface area contributed by atoms with E-state index in [1.165, 1.54) is 28.0 Å². The molecule has 0 aliphatic carbocycles. The summed E-state index contributed by atoms with van der Waals surface area (Å²) in [6.07, 6.45) is 0. The van der Waals surface area contributed by atoms with Gasteiger partial charge in [0.25, 0.3) is 5.92 Å². The molecule has 4 aromatic rings. The quantitative estimate of drug-likeness (QED) is 0.222. The van der Waals surface area contributed by atoms with Gasteiger partial charge >= 0.3 is 0 Å². The second-order valence-corrected chi connectivity index (χ2v) is 11.1. The molecule has 0 radical (unpaired) electrons. The molecule has 1 aliphatic heterocycles. The van der Waals surface area contributed by atoms with E-state index in [0.717, 1.165) is 16.3 Å². The van der Waals surface area contributed by atoms with Crippen molar-refractivity contribution in [3.05, 3.63) is 75.8 Å². The molecule has 7 nitrogen and oxygen atoms in total. The third-order valence-corrected chi connectivity index (χ3v) is 8.22. The summed E-state index contributed by atoms with van der Waals surface area (Å²) < 4.78 is 33.0. The Morgan fingerprint density at radius 3 is 2.33 bits per heavy atom. The number of nitriles is 2. The molecular formula is C28H20ClF2N5O2S2. The second-order valence-electron chi connectivity index (χ2n) is 8.84. The molecule has 0 saturated carbocycles. The molecule has 0 unspecified atom stereocenters. The molecule has 3 heterocycles. The third-order valence-electron chi connectivity index (χ3n) is 6.02. The lowest BCUT2D eigenvalue weighted by atomic mass is 9.95. The zero-order valence-corrected chi connectivity index (χ0v) is 23.2. The number of halogens is 3. The van der Waals surface area contributed by atoms with Gasteiger partial charge in [-0.2, -0.15) is 10.5 Å². The number of aromatic nitrogens is 2. The standard InChI is InChI=1S/C28H20ClF2N5O2S2/c29-19-5-1-18(2-6-19)26-34-20(13-39-26)14-40-27-23(12-33)24(17-3-7-21(8-4-17)38-10-9-37)22(11-32)25(35-27)36-15-28(30,31)16-36/h1-8,13,37H,9-10,14-16H2. The van der Waals surface area contributed by atoms with E-state index in [1.54, 1.807) is 36.4 Å². The first kappa shape index (κ1) is 27.8. The maximum absolute atomic E-state index is 13.8. The molecule has 0 amide bonds. The van der Waals surface area contributed by atoms with Gasteiger partial charge in [-0.3, -0.25) is 0 Å². The highest BCUT2D eigenvalue weighted by Gasteiger charge is 2.46. The van der Waals surface area contributed by atoms with E-state index >= 15 is 0 Å². The van der Waals surface area contributed by atoms with Gasteiger partial charge < -0.3 is 14.7 Å². The van der Waals surface area contributed by atoms with Crippen LogP contribution < -0.4 is 9.64 Å². The Bertz CT molecular complexity index is 1610. The number of nitrogens with zero attached hydrogens (tertiary/aromatic N) is 5. The van der Waals surface area contributed by atoms with E-state index in [1.807, 2.05) is 17.5 Å². The number of thiazole rings is 1. The zero-order chi connectivity index (χ0) is 28.3. The molecule has 40 heavy (non-hydrogen) atoms. The van der Waals surface area contributed by atoms with Gasteiger partial charge in [0.05, 0.1) is 31.0 Å². The van der Waals surface area contributed by atoms with Gasteiger partial charge in [-0.15, -0.1) is 11.3 Å². The number of pyridine rings is 1. The smallest absolute Gasteiger partial charge is 0.282 e. The maximum Gasteiger partial charge on any atom is 0.282 e. The number of alkyl halides is 2. The summed E-state index contributed by atoms with van der Waals surface area (Å²) in [5, 5.41) is 33.0. The van der Waals surface area contributed by atoms with E-state index in [4.69, 9.17) is 21.4 Å². The monoisotopic (exact) mass is 595 g/mol. The molecule has 12 heteroatoms. The Morgan fingerprint density at radius 1 is 1.02 bits per heavy atom. The van der Waals surface area contributed by atoms with E-state index in [9.17, 15) is 19.3 Å². The van der Waals surface area contributed by atoms with Crippen molar-refractivity contribution in [1.82, 2.24) is 9.97 Å². The highest BCUT2D eigenvalue weighted by atomic mass is 35.5. The van der Waals surface area contributed by atoms with Gasteiger partial charge in [0.15, 0.2) is 0 Å². The van der Waals surface area contributed by atoms with Crippen molar-refractivity contribution in [3.63, 3.8) is 0 Å². The molecule has 5 rings (SSSR count). The fraction of sp³-hybridized carbons (Fsp3) is 0.214. The number of ether oxygens (including phenoxy) is 1. The zero-order valence-electron chi connectivity index (χ0n) is 20.8. The minimum atomic E-state index is -2.87. The van der Waals surface area contributed by atoms with Crippen LogP contribution in [0, 0.1) is 22.7 Å². The number of aliphatic hydroxyl groups is 1. The average Bonchev–Trinajstić information content (AvgIpc) is 3.42. The van der Waals surface area contributed by atoms with Crippen LogP contribution in [-0.4, -0.2) is 47.3 Å². The summed E-state index contributed by atoms with van der Waals surface area (Å²) in [7, 11) is 0. The second kappa shape index (κ2) is 11.8. The molecule has 1 fully saturated rings. The lowest BCUT2D eigenvalue weighted by Crippen LogP contribution is -2.57. The van der Waals surface area contributed by atoms with Crippen molar-refractivity contribution in [2.24, 2.45) is 0 Å². The first-order valence-electron chi connectivity index (χ1n) is 12.0. The molecule has 1 N–H and O–H groups in total. The number of rotatable bonds is 9. The van der Waals surface area contributed by atoms with E-state index in [2.05, 4.69) is 22.1 Å². The van der Waals surface area contributed by atoms with Crippen LogP contribution in [0.2, 0.25) is 5.02 Å². The fourth-order valence-electron chi connectivity index (χ4n) is 4.17. The van der Waals surface area contributed by atoms with Crippen LogP contribution in [0.3, 0.4) is 0 Å². The van der Waals surface area contributed by atoms with Gasteiger partial charge in [-0.1, -0.05) is 47.6 Å². The number of thioether (sulfide) groups is 1. The van der Waals surface area contributed by atoms with Gasteiger partial charge in [-0.05, 0) is 29.8 Å². The Kier molecular flexibility index (Phi) is 8.19. The first-order chi connectivity index (χ1) is 19.3. The molecule has 2 aromatic carbocycles. The van der Waals surface area contributed by atoms with Crippen molar-refractivity contribution in [1.29, 1.82) is 10.5 Å². The fourth-order valence-corrected chi connectivity index (χ4v) is 6.10. The normalized spacial score (nSPS) is 13.8. The molecule has 202 valence electrons. The summed E-state index contributed by atoms with van der Waals surface area (Å²) in [6, 6.07) is 18.3.